The van der Waals surface area contributed by atoms with Crippen LogP contribution in [0, 0.1) is 6.92 Å². The predicted molar refractivity (Wildman–Crippen MR) is 72.7 cm³/mol. The van der Waals surface area contributed by atoms with Gasteiger partial charge in [-0.15, -0.1) is 0 Å². The maximum absolute atomic E-state index is 11.3. The molecule has 0 radical (unpaired) electrons. The summed E-state index contributed by atoms with van der Waals surface area (Å²) >= 11 is 0. The summed E-state index contributed by atoms with van der Waals surface area (Å²) in [5.41, 5.74) is 13.2. The van der Waals surface area contributed by atoms with E-state index in [9.17, 15) is 9.59 Å². The minimum absolute atomic E-state index is 0.192. The van der Waals surface area contributed by atoms with E-state index in [1.807, 2.05) is 31.2 Å². The molecule has 3 amide bonds. The highest BCUT2D eigenvalue weighted by Crippen LogP contribution is 2.27. The second-order valence-electron chi connectivity index (χ2n) is 4.14. The van der Waals surface area contributed by atoms with Crippen LogP contribution in [0.1, 0.15) is 15.9 Å². The molecule has 0 unspecified atom stereocenters. The number of hydrogen-bond donors (Lipinski definition) is 4. The van der Waals surface area contributed by atoms with E-state index in [2.05, 4.69) is 10.3 Å². The van der Waals surface area contributed by atoms with Crippen LogP contribution in [0.25, 0.3) is 11.3 Å². The predicted octanol–water partition coefficient (Wildman–Crippen LogP) is 1.58. The van der Waals surface area contributed by atoms with Gasteiger partial charge in [-0.25, -0.2) is 4.79 Å². The molecule has 1 aromatic heterocycles. The average molecular weight is 258 g/mol. The number of primary amides is 2. The lowest BCUT2D eigenvalue weighted by Gasteiger charge is -2.03. The molecule has 2 aromatic rings. The quantitative estimate of drug-likeness (QED) is 0.669. The number of nitrogens with two attached hydrogens (primary N) is 2. The third-order valence-corrected chi connectivity index (χ3v) is 2.77. The molecule has 0 saturated carbocycles. The maximum Gasteiger partial charge on any atom is 0.317 e. The Morgan fingerprint density at radius 2 is 1.89 bits per heavy atom. The van der Waals surface area contributed by atoms with Crippen molar-refractivity contribution < 1.29 is 9.59 Å². The topological polar surface area (TPSA) is 114 Å². The number of rotatable bonds is 3. The average Bonchev–Trinajstić information content (AvgIpc) is 2.72. The molecule has 0 aliphatic carbocycles. The van der Waals surface area contributed by atoms with E-state index in [4.69, 9.17) is 11.5 Å². The van der Waals surface area contributed by atoms with E-state index < -0.39 is 11.9 Å². The highest BCUT2D eigenvalue weighted by molar-refractivity contribution is 6.03. The van der Waals surface area contributed by atoms with Crippen LogP contribution in [0.2, 0.25) is 0 Å². The zero-order valence-corrected chi connectivity index (χ0v) is 10.4. The molecule has 2 rings (SSSR count). The van der Waals surface area contributed by atoms with Gasteiger partial charge in [-0.05, 0) is 18.6 Å². The van der Waals surface area contributed by atoms with E-state index in [0.717, 1.165) is 11.1 Å². The van der Waals surface area contributed by atoms with Gasteiger partial charge in [0.15, 0.2) is 0 Å². The number of aromatic nitrogens is 1. The molecule has 0 saturated heterocycles. The Kier molecular flexibility index (Phi) is 3.24. The fourth-order valence-electron chi connectivity index (χ4n) is 1.89. The van der Waals surface area contributed by atoms with Crippen molar-refractivity contribution in [3.63, 3.8) is 0 Å². The molecule has 6 N–H and O–H groups in total. The van der Waals surface area contributed by atoms with Crippen LogP contribution >= 0.6 is 0 Å². The lowest BCUT2D eigenvalue weighted by Crippen LogP contribution is -2.22. The first-order chi connectivity index (χ1) is 8.99. The van der Waals surface area contributed by atoms with E-state index in [1.165, 1.54) is 0 Å². The van der Waals surface area contributed by atoms with Gasteiger partial charge in [0.1, 0.15) is 5.82 Å². The Labute approximate surface area is 109 Å². The number of aryl methyl sites for hydroxylation is 1. The number of amides is 3. The van der Waals surface area contributed by atoms with E-state index in [0.29, 0.717) is 5.69 Å². The number of urea groups is 1. The number of anilines is 1. The lowest BCUT2D eigenvalue weighted by molar-refractivity contribution is 0.100. The first-order valence-corrected chi connectivity index (χ1v) is 5.64. The third kappa shape index (κ3) is 2.57. The van der Waals surface area contributed by atoms with Gasteiger partial charge in [0.25, 0.3) is 5.91 Å². The van der Waals surface area contributed by atoms with Crippen LogP contribution < -0.4 is 16.8 Å². The summed E-state index contributed by atoms with van der Waals surface area (Å²) in [6, 6.07) is 8.48. The lowest BCUT2D eigenvalue weighted by atomic mass is 10.1. The summed E-state index contributed by atoms with van der Waals surface area (Å²) in [6.07, 6.45) is 0. The van der Waals surface area contributed by atoms with Crippen molar-refractivity contribution in [1.82, 2.24) is 4.98 Å². The molecular formula is C13H14N4O2. The summed E-state index contributed by atoms with van der Waals surface area (Å²) < 4.78 is 0. The Bertz CT molecular complexity index is 646. The first-order valence-electron chi connectivity index (χ1n) is 5.64. The number of H-pyrrole nitrogens is 1. The largest absolute Gasteiger partial charge is 0.365 e. The molecule has 0 spiro atoms. The zero-order chi connectivity index (χ0) is 14.0. The van der Waals surface area contributed by atoms with Crippen LogP contribution in [0.15, 0.2) is 30.3 Å². The molecule has 1 heterocycles. The van der Waals surface area contributed by atoms with Gasteiger partial charge in [-0.1, -0.05) is 24.3 Å². The third-order valence-electron chi connectivity index (χ3n) is 2.77. The molecule has 98 valence electrons. The van der Waals surface area contributed by atoms with Crippen molar-refractivity contribution in [1.29, 1.82) is 0 Å². The first kappa shape index (κ1) is 12.7. The van der Waals surface area contributed by atoms with Gasteiger partial charge in [-0.3, -0.25) is 10.1 Å². The van der Waals surface area contributed by atoms with Crippen LogP contribution in [-0.4, -0.2) is 16.9 Å². The van der Waals surface area contributed by atoms with Gasteiger partial charge >= 0.3 is 6.03 Å². The van der Waals surface area contributed by atoms with Crippen molar-refractivity contribution in [3.05, 3.63) is 41.5 Å². The van der Waals surface area contributed by atoms with E-state index in [-0.39, 0.29) is 11.4 Å². The highest BCUT2D eigenvalue weighted by Gasteiger charge is 2.15. The Morgan fingerprint density at radius 1 is 1.21 bits per heavy atom. The molecule has 0 fully saturated rings. The minimum Gasteiger partial charge on any atom is -0.365 e. The SMILES string of the molecule is Cc1ccccc1-c1cc(C(N)=O)c(NC(N)=O)[nH]1. The summed E-state index contributed by atoms with van der Waals surface area (Å²) in [5, 5.41) is 2.35. The Balaban J connectivity index is 2.52. The Morgan fingerprint density at radius 3 is 2.47 bits per heavy atom. The maximum atomic E-state index is 11.3. The zero-order valence-electron chi connectivity index (χ0n) is 10.4. The number of carbonyl (C=O) groups excluding carboxylic acids is 2. The molecule has 19 heavy (non-hydrogen) atoms. The standard InChI is InChI=1S/C13H14N4O2/c1-7-4-2-3-5-8(7)10-6-9(11(14)18)12(16-10)17-13(15)19/h2-6,16H,1H3,(H2,14,18)(H3,15,17,19). The van der Waals surface area contributed by atoms with Crippen LogP contribution in [0.5, 0.6) is 0 Å². The number of nitrogens with one attached hydrogen (secondary N) is 2. The molecule has 6 nitrogen and oxygen atoms in total. The second-order valence-corrected chi connectivity index (χ2v) is 4.14. The highest BCUT2D eigenvalue weighted by atomic mass is 16.2. The molecule has 0 aliphatic heterocycles. The van der Waals surface area contributed by atoms with Crippen molar-refractivity contribution in [2.45, 2.75) is 6.92 Å². The smallest absolute Gasteiger partial charge is 0.317 e. The van der Waals surface area contributed by atoms with Crippen molar-refractivity contribution >= 4 is 17.8 Å². The summed E-state index contributed by atoms with van der Waals surface area (Å²) in [7, 11) is 0. The Hall–Kier alpha value is -2.76. The number of carbonyl (C=O) groups is 2. The molecule has 0 bridgehead atoms. The van der Waals surface area contributed by atoms with Crippen molar-refractivity contribution in [2.24, 2.45) is 11.5 Å². The minimum atomic E-state index is -0.763. The molecule has 0 aliphatic rings. The fourth-order valence-corrected chi connectivity index (χ4v) is 1.89. The summed E-state index contributed by atoms with van der Waals surface area (Å²) in [6.45, 7) is 1.95. The van der Waals surface area contributed by atoms with Gasteiger partial charge < -0.3 is 16.5 Å². The van der Waals surface area contributed by atoms with Crippen molar-refractivity contribution in [3.8, 4) is 11.3 Å². The van der Waals surface area contributed by atoms with Gasteiger partial charge in [0, 0.05) is 11.3 Å². The number of aromatic amines is 1. The van der Waals surface area contributed by atoms with Crippen LogP contribution in [-0.2, 0) is 0 Å². The fraction of sp³-hybridized carbons (Fsp3) is 0.0769. The van der Waals surface area contributed by atoms with Crippen molar-refractivity contribution in [2.75, 3.05) is 5.32 Å². The van der Waals surface area contributed by atoms with E-state index in [1.54, 1.807) is 6.07 Å². The molecule has 6 heteroatoms. The summed E-state index contributed by atoms with van der Waals surface area (Å²) in [5.74, 6) is -0.432. The van der Waals surface area contributed by atoms with E-state index >= 15 is 0 Å². The molecular weight excluding hydrogens is 244 g/mol. The monoisotopic (exact) mass is 258 g/mol. The van der Waals surface area contributed by atoms with Gasteiger partial charge in [0.2, 0.25) is 0 Å². The van der Waals surface area contributed by atoms with Gasteiger partial charge in [0.05, 0.1) is 5.56 Å². The summed E-state index contributed by atoms with van der Waals surface area (Å²) in [4.78, 5) is 25.2. The normalized spacial score (nSPS) is 10.2. The molecule has 0 atom stereocenters. The number of hydrogen-bond acceptors (Lipinski definition) is 2. The van der Waals surface area contributed by atoms with Crippen LogP contribution in [0.3, 0.4) is 0 Å². The number of benzene rings is 1. The molecule has 1 aromatic carbocycles. The van der Waals surface area contributed by atoms with Gasteiger partial charge in [-0.2, -0.15) is 0 Å². The second kappa shape index (κ2) is 4.85. The van der Waals surface area contributed by atoms with Crippen LogP contribution in [0.4, 0.5) is 10.6 Å².